The maximum atomic E-state index is 6.20. The molecule has 2 aliphatic heterocycles. The number of thioether (sulfide) groups is 1. The highest BCUT2D eigenvalue weighted by molar-refractivity contribution is 8.00. The minimum atomic E-state index is 0.0425. The van der Waals surface area contributed by atoms with Crippen LogP contribution >= 0.6 is 11.8 Å². The molecule has 1 aromatic heterocycles. The number of hydrogen-bond donors (Lipinski definition) is 0. The third-order valence-corrected chi connectivity index (χ3v) is 6.16. The van der Waals surface area contributed by atoms with E-state index >= 15 is 0 Å². The molecule has 2 aliphatic rings. The van der Waals surface area contributed by atoms with Gasteiger partial charge in [0.1, 0.15) is 16.9 Å². The summed E-state index contributed by atoms with van der Waals surface area (Å²) in [5.74, 6) is 1.82. The fraction of sp³-hybridized carbons (Fsp3) is 0.476. The lowest BCUT2D eigenvalue weighted by Crippen LogP contribution is -2.23. The molecule has 0 unspecified atom stereocenters. The van der Waals surface area contributed by atoms with E-state index < -0.39 is 0 Å². The molecule has 2 atom stereocenters. The van der Waals surface area contributed by atoms with E-state index in [9.17, 15) is 0 Å². The topological polar surface area (TPSA) is 34.6 Å². The van der Waals surface area contributed by atoms with Gasteiger partial charge < -0.3 is 14.4 Å². The van der Waals surface area contributed by atoms with E-state index in [1.807, 2.05) is 18.3 Å². The van der Waals surface area contributed by atoms with E-state index in [2.05, 4.69) is 41.1 Å². The maximum Gasteiger partial charge on any atom is 0.152 e. The Morgan fingerprint density at radius 3 is 2.81 bits per heavy atom. The number of rotatable bonds is 6. The lowest BCUT2D eigenvalue weighted by atomic mass is 10.1. The first-order chi connectivity index (χ1) is 12.8. The summed E-state index contributed by atoms with van der Waals surface area (Å²) in [7, 11) is 0. The van der Waals surface area contributed by atoms with E-state index in [1.54, 1.807) is 11.8 Å². The van der Waals surface area contributed by atoms with Gasteiger partial charge in [0, 0.05) is 18.0 Å². The van der Waals surface area contributed by atoms with Gasteiger partial charge in [0.2, 0.25) is 0 Å². The van der Waals surface area contributed by atoms with Gasteiger partial charge in [0.05, 0.1) is 6.61 Å². The van der Waals surface area contributed by atoms with Crippen LogP contribution in [0.2, 0.25) is 0 Å². The lowest BCUT2D eigenvalue weighted by molar-refractivity contribution is 0.193. The van der Waals surface area contributed by atoms with Gasteiger partial charge in [-0.2, -0.15) is 0 Å². The van der Waals surface area contributed by atoms with Crippen LogP contribution in [0.1, 0.15) is 37.9 Å². The fourth-order valence-corrected chi connectivity index (χ4v) is 4.64. The van der Waals surface area contributed by atoms with Crippen LogP contribution in [0.5, 0.6) is 11.5 Å². The molecule has 0 amide bonds. The molecule has 0 N–H and O–H groups in total. The van der Waals surface area contributed by atoms with Crippen LogP contribution in [0.15, 0.2) is 47.6 Å². The van der Waals surface area contributed by atoms with Crippen molar-refractivity contribution in [1.29, 1.82) is 0 Å². The summed E-state index contributed by atoms with van der Waals surface area (Å²) in [6.45, 7) is 6.63. The highest BCUT2D eigenvalue weighted by Crippen LogP contribution is 2.43. The van der Waals surface area contributed by atoms with Crippen LogP contribution in [-0.4, -0.2) is 41.4 Å². The van der Waals surface area contributed by atoms with Crippen LogP contribution in [0.3, 0.4) is 0 Å². The SMILES string of the molecule is C[C@H]1Sc2ncccc2O[C@H]1c1ccc(OCCCN2CCCC2)cc1. The summed E-state index contributed by atoms with van der Waals surface area (Å²) in [4.78, 5) is 6.92. The van der Waals surface area contributed by atoms with Gasteiger partial charge in [0.25, 0.3) is 0 Å². The second-order valence-electron chi connectivity index (χ2n) is 6.99. The standard InChI is InChI=1S/C21H26N2O2S/c1-16-20(25-19-6-4-11-22-21(19)26-16)17-7-9-18(10-8-17)24-15-5-14-23-12-2-3-13-23/h4,6-11,16,20H,2-3,5,12-15H2,1H3/t16-,20-/m1/s1. The first kappa shape index (κ1) is 17.7. The van der Waals surface area contributed by atoms with Gasteiger partial charge in [0.15, 0.2) is 5.75 Å². The minimum Gasteiger partial charge on any atom is -0.494 e. The number of fused-ring (bicyclic) bond motifs is 1. The number of hydrogen-bond acceptors (Lipinski definition) is 5. The van der Waals surface area contributed by atoms with E-state index in [-0.39, 0.29) is 6.10 Å². The third-order valence-electron chi connectivity index (χ3n) is 5.01. The van der Waals surface area contributed by atoms with Crippen molar-refractivity contribution in [2.24, 2.45) is 0 Å². The highest BCUT2D eigenvalue weighted by Gasteiger charge is 2.29. The normalized spacial score (nSPS) is 22.7. The fourth-order valence-electron chi connectivity index (χ4n) is 3.60. The quantitative estimate of drug-likeness (QED) is 0.697. The first-order valence-electron chi connectivity index (χ1n) is 9.53. The molecule has 0 spiro atoms. The number of benzene rings is 1. The van der Waals surface area contributed by atoms with Crippen molar-refractivity contribution in [2.75, 3.05) is 26.2 Å². The zero-order valence-electron chi connectivity index (χ0n) is 15.3. The van der Waals surface area contributed by atoms with Crippen molar-refractivity contribution in [3.63, 3.8) is 0 Å². The number of aromatic nitrogens is 1. The molecule has 1 saturated heterocycles. The Balaban J connectivity index is 1.31. The predicted octanol–water partition coefficient (Wildman–Crippen LogP) is 4.56. The summed E-state index contributed by atoms with van der Waals surface area (Å²) < 4.78 is 12.1. The molecule has 3 heterocycles. The number of nitrogens with zero attached hydrogens (tertiary/aromatic N) is 2. The van der Waals surface area contributed by atoms with Crippen LogP contribution in [0, 0.1) is 0 Å². The Labute approximate surface area is 159 Å². The Morgan fingerprint density at radius 1 is 1.19 bits per heavy atom. The largest absolute Gasteiger partial charge is 0.494 e. The van der Waals surface area contributed by atoms with Crippen molar-refractivity contribution in [1.82, 2.24) is 9.88 Å². The van der Waals surface area contributed by atoms with E-state index in [1.165, 1.54) is 31.5 Å². The molecule has 1 aromatic carbocycles. The van der Waals surface area contributed by atoms with E-state index in [0.29, 0.717) is 5.25 Å². The molecule has 26 heavy (non-hydrogen) atoms. The summed E-state index contributed by atoms with van der Waals surface area (Å²) in [6, 6.07) is 12.3. The molecule has 0 radical (unpaired) electrons. The van der Waals surface area contributed by atoms with Gasteiger partial charge in [-0.1, -0.05) is 23.9 Å². The molecule has 0 aliphatic carbocycles. The maximum absolute atomic E-state index is 6.20. The van der Waals surface area contributed by atoms with Crippen LogP contribution < -0.4 is 9.47 Å². The Bertz CT molecular complexity index is 716. The molecule has 1 fully saturated rings. The van der Waals surface area contributed by atoms with Gasteiger partial charge in [-0.25, -0.2) is 4.98 Å². The molecule has 4 rings (SSSR count). The molecule has 0 saturated carbocycles. The summed E-state index contributed by atoms with van der Waals surface area (Å²) >= 11 is 1.78. The molecule has 138 valence electrons. The predicted molar refractivity (Wildman–Crippen MR) is 105 cm³/mol. The summed E-state index contributed by atoms with van der Waals surface area (Å²) in [6.07, 6.45) is 5.65. The van der Waals surface area contributed by atoms with Crippen LogP contribution in [0.4, 0.5) is 0 Å². The van der Waals surface area contributed by atoms with Gasteiger partial charge in [-0.05, 0) is 69.1 Å². The molecule has 0 bridgehead atoms. The van der Waals surface area contributed by atoms with Crippen LogP contribution in [0.25, 0.3) is 0 Å². The lowest BCUT2D eigenvalue weighted by Gasteiger charge is -2.30. The Morgan fingerprint density at radius 2 is 2.00 bits per heavy atom. The van der Waals surface area contributed by atoms with Gasteiger partial charge in [-0.15, -0.1) is 0 Å². The highest BCUT2D eigenvalue weighted by atomic mass is 32.2. The van der Waals surface area contributed by atoms with Crippen molar-refractivity contribution in [2.45, 2.75) is 42.6 Å². The minimum absolute atomic E-state index is 0.0425. The number of pyridine rings is 1. The Kier molecular flexibility index (Phi) is 5.65. The van der Waals surface area contributed by atoms with E-state index in [0.717, 1.165) is 36.1 Å². The monoisotopic (exact) mass is 370 g/mol. The average molecular weight is 371 g/mol. The van der Waals surface area contributed by atoms with Crippen molar-refractivity contribution >= 4 is 11.8 Å². The smallest absolute Gasteiger partial charge is 0.152 e. The molecule has 2 aromatic rings. The molecular weight excluding hydrogens is 344 g/mol. The molecular formula is C21H26N2O2S. The van der Waals surface area contributed by atoms with E-state index in [4.69, 9.17) is 9.47 Å². The first-order valence-corrected chi connectivity index (χ1v) is 10.4. The van der Waals surface area contributed by atoms with Crippen molar-refractivity contribution in [3.05, 3.63) is 48.2 Å². The van der Waals surface area contributed by atoms with Crippen LogP contribution in [-0.2, 0) is 0 Å². The second-order valence-corrected chi connectivity index (χ2v) is 8.35. The average Bonchev–Trinajstić information content (AvgIpc) is 3.19. The number of likely N-dealkylation sites (tertiary alicyclic amines) is 1. The summed E-state index contributed by atoms with van der Waals surface area (Å²) in [5, 5.41) is 1.30. The zero-order valence-corrected chi connectivity index (χ0v) is 16.1. The van der Waals surface area contributed by atoms with Gasteiger partial charge >= 0.3 is 0 Å². The second kappa shape index (κ2) is 8.31. The summed E-state index contributed by atoms with van der Waals surface area (Å²) in [5.41, 5.74) is 1.18. The molecule has 4 nitrogen and oxygen atoms in total. The number of ether oxygens (including phenoxy) is 2. The zero-order chi connectivity index (χ0) is 17.8. The third kappa shape index (κ3) is 4.15. The molecule has 5 heteroatoms. The van der Waals surface area contributed by atoms with Gasteiger partial charge in [-0.3, -0.25) is 0 Å². The Hall–Kier alpha value is -1.72. The van der Waals surface area contributed by atoms with Crippen molar-refractivity contribution < 1.29 is 9.47 Å². The van der Waals surface area contributed by atoms with Crippen molar-refractivity contribution in [3.8, 4) is 11.5 Å².